The van der Waals surface area contributed by atoms with Crippen LogP contribution in [-0.2, 0) is 4.74 Å². The van der Waals surface area contributed by atoms with Gasteiger partial charge < -0.3 is 20.3 Å². The molecule has 5 heteroatoms. The zero-order chi connectivity index (χ0) is 20.2. The highest BCUT2D eigenvalue weighted by molar-refractivity contribution is 5.80. The number of hydrogen-bond acceptors (Lipinski definition) is 3. The third-order valence-electron chi connectivity index (χ3n) is 7.03. The van der Waals surface area contributed by atoms with E-state index in [0.29, 0.717) is 12.1 Å². The molecule has 0 aromatic heterocycles. The lowest BCUT2D eigenvalue weighted by molar-refractivity contribution is 0.0264. The van der Waals surface area contributed by atoms with E-state index in [9.17, 15) is 0 Å². The minimum atomic E-state index is 0.548. The Kier molecular flexibility index (Phi) is 10.6. The van der Waals surface area contributed by atoms with Gasteiger partial charge in [0.1, 0.15) is 0 Å². The maximum atomic E-state index is 6.03. The van der Waals surface area contributed by atoms with Crippen molar-refractivity contribution in [1.29, 1.82) is 0 Å². The van der Waals surface area contributed by atoms with Crippen molar-refractivity contribution in [2.45, 2.75) is 115 Å². The van der Waals surface area contributed by atoms with Gasteiger partial charge in [0.2, 0.25) is 0 Å². The fourth-order valence-electron chi connectivity index (χ4n) is 5.26. The standard InChI is InChI=1S/C24H46N4O/c1-2-25-24(26-17-9-4-10-20-29-23-13-5-3-6-14-23)27-21-15-18-28(19-16-21)22-11-7-8-12-22/h21-23H,2-20H2,1H3,(H2,25,26,27). The highest BCUT2D eigenvalue weighted by Gasteiger charge is 2.27. The Morgan fingerprint density at radius 2 is 1.62 bits per heavy atom. The second-order valence-electron chi connectivity index (χ2n) is 9.34. The quantitative estimate of drug-likeness (QED) is 0.319. The lowest BCUT2D eigenvalue weighted by atomic mass is 9.98. The van der Waals surface area contributed by atoms with Crippen molar-refractivity contribution in [3.8, 4) is 0 Å². The number of piperidine rings is 1. The molecule has 3 fully saturated rings. The molecule has 2 aliphatic carbocycles. The normalized spacial score (nSPS) is 23.6. The molecule has 3 rings (SSSR count). The van der Waals surface area contributed by atoms with Gasteiger partial charge in [0.05, 0.1) is 6.10 Å². The number of guanidine groups is 1. The predicted molar refractivity (Wildman–Crippen MR) is 123 cm³/mol. The summed E-state index contributed by atoms with van der Waals surface area (Å²) < 4.78 is 6.03. The van der Waals surface area contributed by atoms with Crippen molar-refractivity contribution in [3.05, 3.63) is 0 Å². The van der Waals surface area contributed by atoms with Crippen LogP contribution in [0.15, 0.2) is 4.99 Å². The number of aliphatic imine (C=N–C) groups is 1. The molecule has 5 nitrogen and oxygen atoms in total. The second kappa shape index (κ2) is 13.5. The summed E-state index contributed by atoms with van der Waals surface area (Å²) in [6.45, 7) is 7.45. The Balaban J connectivity index is 1.26. The van der Waals surface area contributed by atoms with Crippen molar-refractivity contribution in [2.24, 2.45) is 4.99 Å². The lowest BCUT2D eigenvalue weighted by Gasteiger charge is -2.36. The van der Waals surface area contributed by atoms with Crippen LogP contribution >= 0.6 is 0 Å². The molecule has 0 aromatic carbocycles. The van der Waals surface area contributed by atoms with Crippen molar-refractivity contribution in [3.63, 3.8) is 0 Å². The van der Waals surface area contributed by atoms with Crippen molar-refractivity contribution < 1.29 is 4.74 Å². The van der Waals surface area contributed by atoms with E-state index >= 15 is 0 Å². The second-order valence-corrected chi connectivity index (χ2v) is 9.34. The van der Waals surface area contributed by atoms with Gasteiger partial charge in [0.25, 0.3) is 0 Å². The van der Waals surface area contributed by atoms with Gasteiger partial charge in [-0.25, -0.2) is 0 Å². The molecule has 0 radical (unpaired) electrons. The molecule has 0 spiro atoms. The van der Waals surface area contributed by atoms with E-state index in [1.54, 1.807) is 0 Å². The number of hydrogen-bond donors (Lipinski definition) is 2. The van der Waals surface area contributed by atoms with Crippen LogP contribution in [0.25, 0.3) is 0 Å². The predicted octanol–water partition coefficient (Wildman–Crippen LogP) is 4.47. The zero-order valence-corrected chi connectivity index (χ0v) is 19.0. The summed E-state index contributed by atoms with van der Waals surface area (Å²) in [6, 6.07) is 1.45. The molecular formula is C24H46N4O. The fourth-order valence-corrected chi connectivity index (χ4v) is 5.26. The van der Waals surface area contributed by atoms with Gasteiger partial charge in [0.15, 0.2) is 5.96 Å². The van der Waals surface area contributed by atoms with Gasteiger partial charge in [-0.2, -0.15) is 0 Å². The van der Waals surface area contributed by atoms with E-state index in [4.69, 9.17) is 9.73 Å². The van der Waals surface area contributed by atoms with E-state index in [1.807, 2.05) is 0 Å². The minimum Gasteiger partial charge on any atom is -0.378 e. The monoisotopic (exact) mass is 406 g/mol. The van der Waals surface area contributed by atoms with Gasteiger partial charge in [-0.1, -0.05) is 32.1 Å². The molecule has 1 aliphatic heterocycles. The Morgan fingerprint density at radius 3 is 2.34 bits per heavy atom. The van der Waals surface area contributed by atoms with E-state index < -0.39 is 0 Å². The molecule has 168 valence electrons. The van der Waals surface area contributed by atoms with E-state index in [2.05, 4.69) is 22.5 Å². The lowest BCUT2D eigenvalue weighted by Crippen LogP contribution is -2.50. The third kappa shape index (κ3) is 8.45. The van der Waals surface area contributed by atoms with E-state index in [-0.39, 0.29) is 0 Å². The van der Waals surface area contributed by atoms with Crippen molar-refractivity contribution in [2.75, 3.05) is 32.8 Å². The van der Waals surface area contributed by atoms with Gasteiger partial charge in [-0.3, -0.25) is 4.99 Å². The van der Waals surface area contributed by atoms with Crippen LogP contribution in [0.3, 0.4) is 0 Å². The summed E-state index contributed by atoms with van der Waals surface area (Å²) in [4.78, 5) is 7.57. The van der Waals surface area contributed by atoms with Crippen LogP contribution in [0.4, 0.5) is 0 Å². The first kappa shape index (κ1) is 22.9. The molecule has 0 amide bonds. The molecule has 2 N–H and O–H groups in total. The average Bonchev–Trinajstić information content (AvgIpc) is 3.29. The zero-order valence-electron chi connectivity index (χ0n) is 19.0. The molecular weight excluding hydrogens is 360 g/mol. The Morgan fingerprint density at radius 1 is 0.897 bits per heavy atom. The minimum absolute atomic E-state index is 0.548. The third-order valence-corrected chi connectivity index (χ3v) is 7.03. The van der Waals surface area contributed by atoms with Crippen molar-refractivity contribution >= 4 is 5.96 Å². The van der Waals surface area contributed by atoms with Gasteiger partial charge >= 0.3 is 0 Å². The number of unbranched alkanes of at least 4 members (excludes halogenated alkanes) is 2. The SMILES string of the molecule is CCNC(=NCCCCCOC1CCCCC1)NC1CCN(C2CCCC2)CC1. The number of likely N-dealkylation sites (tertiary alicyclic amines) is 1. The molecule has 0 aromatic rings. The maximum absolute atomic E-state index is 6.03. The highest BCUT2D eigenvalue weighted by Crippen LogP contribution is 2.26. The number of nitrogens with one attached hydrogen (secondary N) is 2. The molecule has 29 heavy (non-hydrogen) atoms. The molecule has 2 saturated carbocycles. The average molecular weight is 407 g/mol. The topological polar surface area (TPSA) is 48.9 Å². The van der Waals surface area contributed by atoms with Crippen LogP contribution < -0.4 is 10.6 Å². The van der Waals surface area contributed by atoms with Crippen LogP contribution in [0.1, 0.15) is 96.8 Å². The highest BCUT2D eigenvalue weighted by atomic mass is 16.5. The summed E-state index contributed by atoms with van der Waals surface area (Å²) in [5.41, 5.74) is 0. The van der Waals surface area contributed by atoms with Crippen LogP contribution in [0, 0.1) is 0 Å². The fraction of sp³-hybridized carbons (Fsp3) is 0.958. The largest absolute Gasteiger partial charge is 0.378 e. The first-order chi connectivity index (χ1) is 14.3. The summed E-state index contributed by atoms with van der Waals surface area (Å²) in [6.07, 6.45) is 19.0. The first-order valence-electron chi connectivity index (χ1n) is 12.8. The van der Waals surface area contributed by atoms with Gasteiger partial charge in [-0.05, 0) is 64.7 Å². The number of nitrogens with zero attached hydrogens (tertiary/aromatic N) is 2. The van der Waals surface area contributed by atoms with Gasteiger partial charge in [0, 0.05) is 44.9 Å². The smallest absolute Gasteiger partial charge is 0.191 e. The maximum Gasteiger partial charge on any atom is 0.191 e. The first-order valence-corrected chi connectivity index (χ1v) is 12.8. The number of ether oxygens (including phenoxy) is 1. The summed E-state index contributed by atoms with van der Waals surface area (Å²) >= 11 is 0. The van der Waals surface area contributed by atoms with E-state index in [1.165, 1.54) is 96.6 Å². The Hall–Kier alpha value is -0.810. The molecule has 0 atom stereocenters. The van der Waals surface area contributed by atoms with Crippen molar-refractivity contribution in [1.82, 2.24) is 15.5 Å². The Labute approximate surface area is 179 Å². The molecule has 1 saturated heterocycles. The number of rotatable bonds is 10. The summed E-state index contributed by atoms with van der Waals surface area (Å²) in [5, 5.41) is 7.14. The van der Waals surface area contributed by atoms with Gasteiger partial charge in [-0.15, -0.1) is 0 Å². The molecule has 0 bridgehead atoms. The summed E-state index contributed by atoms with van der Waals surface area (Å²) in [5.74, 6) is 1.02. The molecule has 1 heterocycles. The Bertz CT molecular complexity index is 450. The molecule has 0 unspecified atom stereocenters. The van der Waals surface area contributed by atoms with E-state index in [0.717, 1.165) is 38.1 Å². The van der Waals surface area contributed by atoms with Crippen LogP contribution in [-0.4, -0.2) is 61.8 Å². The summed E-state index contributed by atoms with van der Waals surface area (Å²) in [7, 11) is 0. The van der Waals surface area contributed by atoms with Crippen LogP contribution in [0.5, 0.6) is 0 Å². The van der Waals surface area contributed by atoms with Crippen LogP contribution in [0.2, 0.25) is 0 Å². The molecule has 3 aliphatic rings.